The van der Waals surface area contributed by atoms with Crippen molar-refractivity contribution in [2.45, 2.75) is 0 Å². The number of nitrogens with one attached hydrogen (secondary N) is 2. The van der Waals surface area contributed by atoms with Crippen molar-refractivity contribution in [1.29, 1.82) is 0 Å². The molecule has 8 heteroatoms. The normalized spacial score (nSPS) is 9.92. The molecule has 0 saturated carbocycles. The van der Waals surface area contributed by atoms with Crippen molar-refractivity contribution in [3.63, 3.8) is 0 Å². The number of benzene rings is 1. The van der Waals surface area contributed by atoms with Crippen LogP contribution in [0.1, 0.15) is 20.8 Å². The highest BCUT2D eigenvalue weighted by Crippen LogP contribution is 2.24. The number of amides is 1. The lowest BCUT2D eigenvalue weighted by atomic mass is 10.2. The van der Waals surface area contributed by atoms with E-state index < -0.39 is 11.9 Å². The fourth-order valence-electron chi connectivity index (χ4n) is 1.79. The van der Waals surface area contributed by atoms with Gasteiger partial charge in [0.1, 0.15) is 5.69 Å². The fourth-order valence-corrected chi connectivity index (χ4v) is 1.95. The third-order valence-electron chi connectivity index (χ3n) is 2.93. The zero-order valence-corrected chi connectivity index (χ0v) is 13.6. The van der Waals surface area contributed by atoms with Gasteiger partial charge in [0.05, 0.1) is 23.4 Å². The lowest BCUT2D eigenvalue weighted by molar-refractivity contribution is 0.0600. The number of esters is 1. The van der Waals surface area contributed by atoms with Gasteiger partial charge in [-0.15, -0.1) is 6.58 Å². The summed E-state index contributed by atoms with van der Waals surface area (Å²) in [7, 11) is 1.27. The van der Waals surface area contributed by atoms with Crippen LogP contribution in [0.15, 0.2) is 43.1 Å². The Morgan fingerprint density at radius 3 is 2.88 bits per heavy atom. The Hall–Kier alpha value is -2.93. The predicted octanol–water partition coefficient (Wildman–Crippen LogP) is 2.77. The summed E-state index contributed by atoms with van der Waals surface area (Å²) in [5, 5.41) is 5.79. The van der Waals surface area contributed by atoms with Crippen molar-refractivity contribution >= 4 is 35.1 Å². The first kappa shape index (κ1) is 17.4. The van der Waals surface area contributed by atoms with E-state index in [9.17, 15) is 9.59 Å². The van der Waals surface area contributed by atoms with Crippen molar-refractivity contribution in [2.75, 3.05) is 24.3 Å². The number of nitrogens with zero attached hydrogens (tertiary/aromatic N) is 2. The van der Waals surface area contributed by atoms with Gasteiger partial charge in [-0.3, -0.25) is 4.79 Å². The lowest BCUT2D eigenvalue weighted by Gasteiger charge is -2.09. The first-order chi connectivity index (χ1) is 11.5. The molecule has 0 fully saturated rings. The third-order valence-corrected chi connectivity index (χ3v) is 3.26. The molecular weight excluding hydrogens is 332 g/mol. The topological polar surface area (TPSA) is 93.2 Å². The van der Waals surface area contributed by atoms with E-state index in [1.807, 2.05) is 0 Å². The van der Waals surface area contributed by atoms with Gasteiger partial charge in [-0.2, -0.15) is 0 Å². The largest absolute Gasteiger partial charge is 0.465 e. The number of hydrogen-bond acceptors (Lipinski definition) is 6. The SMILES string of the molecule is C=CCNc1nccc(C(=O)Nc2cc(C(=O)OC)ccc2Cl)n1. The summed E-state index contributed by atoms with van der Waals surface area (Å²) in [6, 6.07) is 5.91. The maximum atomic E-state index is 12.3. The minimum atomic E-state index is -0.528. The average Bonchev–Trinajstić information content (AvgIpc) is 2.61. The molecule has 2 aromatic rings. The highest BCUT2D eigenvalue weighted by molar-refractivity contribution is 6.34. The smallest absolute Gasteiger partial charge is 0.337 e. The van der Waals surface area contributed by atoms with Crippen LogP contribution in [0.4, 0.5) is 11.6 Å². The van der Waals surface area contributed by atoms with E-state index in [-0.39, 0.29) is 22.0 Å². The standard InChI is InChI=1S/C16H15ClN4O3/c1-3-7-18-16-19-8-6-12(21-16)14(22)20-13-9-10(15(23)24-2)4-5-11(13)17/h3-6,8-9H,1,7H2,2H3,(H,20,22)(H,18,19,21). The molecule has 2 N–H and O–H groups in total. The van der Waals surface area contributed by atoms with Crippen LogP contribution in [0.3, 0.4) is 0 Å². The van der Waals surface area contributed by atoms with Crippen molar-refractivity contribution in [1.82, 2.24) is 9.97 Å². The summed E-state index contributed by atoms with van der Waals surface area (Å²) in [5.41, 5.74) is 0.702. The molecule has 0 aliphatic heterocycles. The number of aromatic nitrogens is 2. The van der Waals surface area contributed by atoms with Crippen LogP contribution in [0.2, 0.25) is 5.02 Å². The van der Waals surface area contributed by atoms with Crippen LogP contribution in [0.25, 0.3) is 0 Å². The van der Waals surface area contributed by atoms with E-state index in [4.69, 9.17) is 11.6 Å². The number of carbonyl (C=O) groups excluding carboxylic acids is 2. The van der Waals surface area contributed by atoms with Crippen molar-refractivity contribution in [3.8, 4) is 0 Å². The molecule has 0 aliphatic carbocycles. The highest BCUT2D eigenvalue weighted by atomic mass is 35.5. The van der Waals surface area contributed by atoms with Gasteiger partial charge in [0, 0.05) is 12.7 Å². The van der Waals surface area contributed by atoms with Crippen LogP contribution in [0, 0.1) is 0 Å². The minimum absolute atomic E-state index is 0.149. The molecule has 1 aromatic heterocycles. The van der Waals surface area contributed by atoms with Crippen molar-refractivity contribution in [2.24, 2.45) is 0 Å². The van der Waals surface area contributed by atoms with Gasteiger partial charge in [-0.25, -0.2) is 14.8 Å². The molecule has 7 nitrogen and oxygen atoms in total. The summed E-state index contributed by atoms with van der Waals surface area (Å²) in [6.45, 7) is 4.05. The van der Waals surface area contributed by atoms with Gasteiger partial charge in [-0.1, -0.05) is 17.7 Å². The van der Waals surface area contributed by atoms with Gasteiger partial charge < -0.3 is 15.4 Å². The molecular formula is C16H15ClN4O3. The fraction of sp³-hybridized carbons (Fsp3) is 0.125. The number of ether oxygens (including phenoxy) is 1. The van der Waals surface area contributed by atoms with E-state index in [0.717, 1.165) is 0 Å². The Morgan fingerprint density at radius 1 is 1.38 bits per heavy atom. The number of methoxy groups -OCH3 is 1. The molecule has 0 spiro atoms. The Bertz CT molecular complexity index is 780. The van der Waals surface area contributed by atoms with Crippen molar-refractivity contribution < 1.29 is 14.3 Å². The van der Waals surface area contributed by atoms with Crippen LogP contribution >= 0.6 is 11.6 Å². The number of rotatable bonds is 6. The summed E-state index contributed by atoms with van der Waals surface area (Å²) < 4.78 is 4.64. The van der Waals surface area contributed by atoms with E-state index in [0.29, 0.717) is 12.5 Å². The first-order valence-corrected chi connectivity index (χ1v) is 7.30. The van der Waals surface area contributed by atoms with Crippen LogP contribution < -0.4 is 10.6 Å². The quantitative estimate of drug-likeness (QED) is 0.617. The summed E-state index contributed by atoms with van der Waals surface area (Å²) in [6.07, 6.45) is 3.11. The number of anilines is 2. The molecule has 0 aliphatic rings. The Balaban J connectivity index is 2.20. The van der Waals surface area contributed by atoms with E-state index in [1.54, 1.807) is 6.08 Å². The molecule has 1 amide bonds. The van der Waals surface area contributed by atoms with E-state index in [2.05, 4.69) is 31.9 Å². The molecule has 1 aromatic carbocycles. The highest BCUT2D eigenvalue weighted by Gasteiger charge is 2.14. The average molecular weight is 347 g/mol. The minimum Gasteiger partial charge on any atom is -0.465 e. The summed E-state index contributed by atoms with van der Waals surface area (Å²) in [5.74, 6) is -0.708. The predicted molar refractivity (Wildman–Crippen MR) is 91.5 cm³/mol. The van der Waals surface area contributed by atoms with Crippen molar-refractivity contribution in [3.05, 3.63) is 59.4 Å². The summed E-state index contributed by atoms with van der Waals surface area (Å²) in [4.78, 5) is 32.0. The molecule has 0 radical (unpaired) electrons. The maximum absolute atomic E-state index is 12.3. The molecule has 24 heavy (non-hydrogen) atoms. The molecule has 1 heterocycles. The number of carbonyl (C=O) groups is 2. The second-order valence-corrected chi connectivity index (χ2v) is 4.98. The Labute approximate surface area is 143 Å². The maximum Gasteiger partial charge on any atom is 0.337 e. The third kappa shape index (κ3) is 4.30. The number of halogens is 1. The van der Waals surface area contributed by atoms with Crippen LogP contribution in [-0.4, -0.2) is 35.5 Å². The number of hydrogen-bond donors (Lipinski definition) is 2. The van der Waals surface area contributed by atoms with E-state index >= 15 is 0 Å². The summed E-state index contributed by atoms with van der Waals surface area (Å²) >= 11 is 6.05. The monoisotopic (exact) mass is 346 g/mol. The molecule has 0 bridgehead atoms. The van der Waals surface area contributed by atoms with Gasteiger partial charge in [0.15, 0.2) is 0 Å². The lowest BCUT2D eigenvalue weighted by Crippen LogP contribution is -2.16. The van der Waals surface area contributed by atoms with E-state index in [1.165, 1.54) is 37.6 Å². The second kappa shape index (κ2) is 8.07. The van der Waals surface area contributed by atoms with Crippen LogP contribution in [0.5, 0.6) is 0 Å². The molecule has 0 atom stereocenters. The van der Waals surface area contributed by atoms with Gasteiger partial charge in [-0.05, 0) is 24.3 Å². The molecule has 2 rings (SSSR count). The van der Waals surface area contributed by atoms with Gasteiger partial charge >= 0.3 is 5.97 Å². The van der Waals surface area contributed by atoms with Gasteiger partial charge in [0.25, 0.3) is 5.91 Å². The molecule has 124 valence electrons. The molecule has 0 saturated heterocycles. The zero-order chi connectivity index (χ0) is 17.5. The molecule has 0 unspecified atom stereocenters. The Kier molecular flexibility index (Phi) is 5.86. The first-order valence-electron chi connectivity index (χ1n) is 6.92. The van der Waals surface area contributed by atoms with Crippen LogP contribution in [-0.2, 0) is 4.74 Å². The Morgan fingerprint density at radius 2 is 2.17 bits per heavy atom. The second-order valence-electron chi connectivity index (χ2n) is 4.58. The zero-order valence-electron chi connectivity index (χ0n) is 12.9. The van der Waals surface area contributed by atoms with Gasteiger partial charge in [0.2, 0.25) is 5.95 Å².